The quantitative estimate of drug-likeness (QED) is 0.740. The summed E-state index contributed by atoms with van der Waals surface area (Å²) in [7, 11) is 3.80. The Kier molecular flexibility index (Phi) is 5.41. The lowest BCUT2D eigenvalue weighted by atomic mass is 10.1. The molecule has 0 saturated carbocycles. The number of aliphatic hydroxyl groups excluding tert-OH is 2. The van der Waals surface area contributed by atoms with Gasteiger partial charge < -0.3 is 24.7 Å². The Hall–Kier alpha value is -1.07. The monoisotopic (exact) mass is 341 g/mol. The lowest BCUT2D eigenvalue weighted by molar-refractivity contribution is -0.0578. The maximum absolute atomic E-state index is 10.3. The van der Waals surface area contributed by atoms with E-state index in [4.69, 9.17) is 4.74 Å². The highest BCUT2D eigenvalue weighted by Gasteiger charge is 2.45. The highest BCUT2D eigenvalue weighted by Crippen LogP contribution is 2.38. The molecule has 4 atom stereocenters. The Morgan fingerprint density at radius 1 is 1.35 bits per heavy atom. The summed E-state index contributed by atoms with van der Waals surface area (Å²) in [5.41, 5.74) is 0. The Bertz CT molecular complexity index is 567. The summed E-state index contributed by atoms with van der Waals surface area (Å²) in [6, 6.07) is 0. The molecule has 7 heteroatoms. The van der Waals surface area contributed by atoms with Gasteiger partial charge in [0, 0.05) is 20.3 Å². The van der Waals surface area contributed by atoms with Crippen LogP contribution in [0.25, 0.3) is 0 Å². The third-order valence-electron chi connectivity index (χ3n) is 4.01. The molecular weight excluding hydrogens is 313 g/mol. The minimum Gasteiger partial charge on any atom is -0.388 e. The van der Waals surface area contributed by atoms with Crippen LogP contribution in [0, 0.1) is 0 Å². The summed E-state index contributed by atoms with van der Waals surface area (Å²) < 4.78 is 5.91. The molecule has 1 saturated heterocycles. The van der Waals surface area contributed by atoms with E-state index in [1.165, 1.54) is 0 Å². The number of nitrogens with zero attached hydrogens (tertiary/aromatic N) is 3. The van der Waals surface area contributed by atoms with Crippen LogP contribution in [0.3, 0.4) is 0 Å². The van der Waals surface area contributed by atoms with Gasteiger partial charge in [0.05, 0.1) is 6.10 Å². The standard InChI is InChI=1S/C16H28N3O3P/c1-11-17-13(18(2)3)7-9-19(11)16-15(21)14(20)12(22-16)8-10-23(4,5)6/h7,9,12,14-16,20-21H,1,4,8,10H2,2-3,5-6H3/t12-,14-,15-,16-/m1/s1. The van der Waals surface area contributed by atoms with Crippen LogP contribution in [0.15, 0.2) is 29.7 Å². The normalized spacial score (nSPS) is 31.5. The summed E-state index contributed by atoms with van der Waals surface area (Å²) in [5, 5.41) is 20.6. The van der Waals surface area contributed by atoms with Crippen LogP contribution in [0.4, 0.5) is 0 Å². The fourth-order valence-corrected chi connectivity index (χ4v) is 3.57. The van der Waals surface area contributed by atoms with Gasteiger partial charge in [0.15, 0.2) is 6.23 Å². The molecule has 0 aliphatic carbocycles. The molecule has 0 aromatic heterocycles. The van der Waals surface area contributed by atoms with E-state index in [0.717, 1.165) is 12.0 Å². The van der Waals surface area contributed by atoms with Crippen molar-refractivity contribution in [3.05, 3.63) is 24.7 Å². The van der Waals surface area contributed by atoms with Crippen LogP contribution in [0.2, 0.25) is 0 Å². The number of aliphatic imine (C=N–C) groups is 1. The van der Waals surface area contributed by atoms with Crippen molar-refractivity contribution in [1.29, 1.82) is 0 Å². The van der Waals surface area contributed by atoms with Crippen molar-refractivity contribution in [2.45, 2.75) is 31.0 Å². The summed E-state index contributed by atoms with van der Waals surface area (Å²) >= 11 is 0. The van der Waals surface area contributed by atoms with Crippen molar-refractivity contribution >= 4 is 19.0 Å². The average molecular weight is 341 g/mol. The number of amidine groups is 1. The maximum atomic E-state index is 10.3. The molecule has 2 N–H and O–H groups in total. The Morgan fingerprint density at radius 3 is 2.52 bits per heavy atom. The predicted octanol–water partition coefficient (Wildman–Crippen LogP) is 0.793. The van der Waals surface area contributed by atoms with Crippen molar-refractivity contribution in [1.82, 2.24) is 9.80 Å². The van der Waals surface area contributed by atoms with Crippen LogP contribution in [0.1, 0.15) is 6.42 Å². The molecule has 0 radical (unpaired) electrons. The van der Waals surface area contributed by atoms with E-state index in [0.29, 0.717) is 12.2 Å². The van der Waals surface area contributed by atoms with Crippen LogP contribution in [-0.4, -0.2) is 90.3 Å². The molecular formula is C16H28N3O3P. The van der Waals surface area contributed by atoms with E-state index in [1.54, 1.807) is 11.1 Å². The SMILES string of the molecule is C=C1N=C(N(C)C)C=CN1[C@@H]1O[C@H](CCP(=C)(C)C)[C@@H](O)[C@H]1O. The van der Waals surface area contributed by atoms with Crippen molar-refractivity contribution in [3.8, 4) is 0 Å². The predicted molar refractivity (Wildman–Crippen MR) is 97.3 cm³/mol. The topological polar surface area (TPSA) is 68.5 Å². The highest BCUT2D eigenvalue weighted by molar-refractivity contribution is 7.72. The number of hydrogen-bond donors (Lipinski definition) is 2. The smallest absolute Gasteiger partial charge is 0.164 e. The second-order valence-corrected chi connectivity index (χ2v) is 11.3. The Labute approximate surface area is 138 Å². The zero-order valence-electron chi connectivity index (χ0n) is 14.4. The zero-order chi connectivity index (χ0) is 17.4. The molecule has 2 aliphatic rings. The van der Waals surface area contributed by atoms with Crippen LogP contribution in [0.5, 0.6) is 0 Å². The summed E-state index contributed by atoms with van der Waals surface area (Å²) in [6.45, 7) is 7.03. The molecule has 0 bridgehead atoms. The van der Waals surface area contributed by atoms with Gasteiger partial charge in [-0.2, -0.15) is 0 Å². The van der Waals surface area contributed by atoms with E-state index in [-0.39, 0.29) is 0 Å². The molecule has 130 valence electrons. The van der Waals surface area contributed by atoms with Crippen molar-refractivity contribution < 1.29 is 14.9 Å². The summed E-state index contributed by atoms with van der Waals surface area (Å²) in [5.74, 6) is 1.26. The van der Waals surface area contributed by atoms with Crippen LogP contribution in [-0.2, 0) is 4.74 Å². The largest absolute Gasteiger partial charge is 0.388 e. The molecule has 0 spiro atoms. The minimum absolute atomic E-state index is 0.392. The van der Waals surface area contributed by atoms with Gasteiger partial charge in [-0.3, -0.25) is 0 Å². The number of aliphatic hydroxyl groups is 2. The maximum Gasteiger partial charge on any atom is 0.164 e. The molecule has 23 heavy (non-hydrogen) atoms. The van der Waals surface area contributed by atoms with Crippen LogP contribution >= 0.6 is 6.89 Å². The minimum atomic E-state index is -1.19. The molecule has 2 heterocycles. The fourth-order valence-electron chi connectivity index (χ4n) is 2.62. The summed E-state index contributed by atoms with van der Waals surface area (Å²) in [6.07, 6.45) is 6.42. The molecule has 0 aromatic carbocycles. The third kappa shape index (κ3) is 4.27. The number of rotatable bonds is 4. The second kappa shape index (κ2) is 6.81. The lowest BCUT2D eigenvalue weighted by Gasteiger charge is -2.32. The first kappa shape index (κ1) is 18.3. The van der Waals surface area contributed by atoms with Gasteiger partial charge in [-0.25, -0.2) is 4.99 Å². The van der Waals surface area contributed by atoms with E-state index in [1.807, 2.05) is 25.1 Å². The number of ether oxygens (including phenoxy) is 1. The molecule has 2 aliphatic heterocycles. The lowest BCUT2D eigenvalue weighted by Crippen LogP contribution is -2.42. The first-order valence-corrected chi connectivity index (χ1v) is 10.8. The first-order valence-electron chi connectivity index (χ1n) is 7.70. The molecule has 1 fully saturated rings. The molecule has 6 nitrogen and oxygen atoms in total. The van der Waals surface area contributed by atoms with Crippen molar-refractivity contribution in [2.24, 2.45) is 4.99 Å². The van der Waals surface area contributed by atoms with Gasteiger partial charge in [-0.05, 0) is 32.0 Å². The zero-order valence-corrected chi connectivity index (χ0v) is 15.3. The van der Waals surface area contributed by atoms with Gasteiger partial charge in [-0.1, -0.05) is 6.58 Å². The average Bonchev–Trinajstić information content (AvgIpc) is 2.72. The fraction of sp³-hybridized carbons (Fsp3) is 0.625. The molecule has 2 rings (SSSR count). The van der Waals surface area contributed by atoms with E-state index in [2.05, 4.69) is 31.2 Å². The number of likely N-dealkylation sites (N-methyl/N-ethyl adjacent to an activating group) is 1. The number of hydrogen-bond acceptors (Lipinski definition) is 6. The molecule has 0 unspecified atom stereocenters. The Balaban J connectivity index is 2.06. The Morgan fingerprint density at radius 2 is 2.00 bits per heavy atom. The van der Waals surface area contributed by atoms with E-state index in [9.17, 15) is 10.2 Å². The third-order valence-corrected chi connectivity index (χ3v) is 5.48. The van der Waals surface area contributed by atoms with Crippen molar-refractivity contribution in [2.75, 3.05) is 33.6 Å². The van der Waals surface area contributed by atoms with Gasteiger partial charge in [-0.15, -0.1) is 13.2 Å². The highest BCUT2D eigenvalue weighted by atomic mass is 31.2. The van der Waals surface area contributed by atoms with Gasteiger partial charge >= 0.3 is 0 Å². The molecule has 0 amide bonds. The van der Waals surface area contributed by atoms with Gasteiger partial charge in [0.2, 0.25) is 0 Å². The van der Waals surface area contributed by atoms with Crippen molar-refractivity contribution in [3.63, 3.8) is 0 Å². The van der Waals surface area contributed by atoms with Gasteiger partial charge in [0.1, 0.15) is 23.9 Å². The van der Waals surface area contributed by atoms with Crippen LogP contribution < -0.4 is 0 Å². The summed E-state index contributed by atoms with van der Waals surface area (Å²) in [4.78, 5) is 7.94. The molecule has 0 aromatic rings. The first-order chi connectivity index (χ1) is 10.6. The van der Waals surface area contributed by atoms with E-state index < -0.39 is 31.4 Å². The van der Waals surface area contributed by atoms with E-state index >= 15 is 0 Å². The van der Waals surface area contributed by atoms with Gasteiger partial charge in [0.25, 0.3) is 0 Å². The second-order valence-electron chi connectivity index (χ2n) is 7.00.